The minimum Gasteiger partial charge on any atom is -1.00 e. The van der Waals surface area contributed by atoms with Crippen LogP contribution < -0.4 is 82.2 Å². The summed E-state index contributed by atoms with van der Waals surface area (Å²) in [4.78, 5) is 25.4. The molecule has 2 N–H and O–H groups in total. The zero-order valence-electron chi connectivity index (χ0n) is 21.4. The van der Waals surface area contributed by atoms with E-state index in [0.717, 1.165) is 37.9 Å². The molecule has 2 heterocycles. The number of alkyl halides is 1. The SMILES string of the molecule is C.C.O=C(NCCl)c1snc(Cl)c1Cl.O=C(NCSc1ccc(Cl)cc1)c1snc(Cl)c1Cl.[Cl-].[Na+].[Na+].[S-]c1ccc(Cl)cc1. The van der Waals surface area contributed by atoms with Gasteiger partial charge in [0, 0.05) is 14.9 Å². The van der Waals surface area contributed by atoms with Crippen molar-refractivity contribution >= 4 is 140 Å². The molecule has 2 aromatic heterocycles. The number of nitrogens with one attached hydrogen (secondary N) is 2. The van der Waals surface area contributed by atoms with Gasteiger partial charge in [0.2, 0.25) is 0 Å². The van der Waals surface area contributed by atoms with E-state index >= 15 is 0 Å². The van der Waals surface area contributed by atoms with Crippen LogP contribution in [-0.4, -0.2) is 32.4 Å². The fourth-order valence-electron chi connectivity index (χ4n) is 2.17. The molecule has 0 unspecified atom stereocenters. The number of hydrogen-bond donors (Lipinski definition) is 2. The summed E-state index contributed by atoms with van der Waals surface area (Å²) in [6, 6.07) is 14.6. The molecule has 0 aliphatic rings. The van der Waals surface area contributed by atoms with E-state index < -0.39 is 0 Å². The van der Waals surface area contributed by atoms with Crippen molar-refractivity contribution < 1.29 is 81.1 Å². The van der Waals surface area contributed by atoms with Crippen molar-refractivity contribution in [3.63, 3.8) is 0 Å². The molecule has 0 radical (unpaired) electrons. The maximum absolute atomic E-state index is 11.8. The Labute approximate surface area is 361 Å². The van der Waals surface area contributed by atoms with Crippen molar-refractivity contribution in [2.45, 2.75) is 24.6 Å². The number of amides is 2. The minimum absolute atomic E-state index is 0. The second-order valence-electron chi connectivity index (χ2n) is 6.57. The minimum atomic E-state index is -0.362. The molecule has 20 heteroatoms. The molecular weight excluding hydrogens is 834 g/mol. The first-order valence-corrected chi connectivity index (χ1v) is 15.8. The van der Waals surface area contributed by atoms with Crippen molar-refractivity contribution in [3.05, 3.63) is 88.7 Å². The summed E-state index contributed by atoms with van der Waals surface area (Å²) in [6.07, 6.45) is 0. The van der Waals surface area contributed by atoms with Gasteiger partial charge in [-0.15, -0.1) is 23.4 Å². The summed E-state index contributed by atoms with van der Waals surface area (Å²) in [7, 11) is 0. The standard InChI is InChI=1S/C11H7Cl3N2OS2.C6H5ClS.C5H3Cl3N2OS.2CH4.ClH.2Na/c12-6-1-3-7(4-2-6)18-5-15-11(17)9-8(13)10(14)16-19-9;7-5-1-3-6(8)4-2-5;6-1-9-5(11)3-2(7)4(8)10-12-3;;;;;/h1-4H,5H2,(H,15,17);1-4,8H;1H2,(H,9,11);2*1H4;1H;;/q;;;;;;2*+1/p-2. The van der Waals surface area contributed by atoms with Gasteiger partial charge in [-0.25, -0.2) is 0 Å². The third-order valence-corrected chi connectivity index (χ3v) is 9.33. The third-order valence-electron chi connectivity index (χ3n) is 3.93. The first-order valence-electron chi connectivity index (χ1n) is 10.1. The molecule has 232 valence electrons. The Hall–Kier alpha value is 1.53. The Morgan fingerprint density at radius 3 is 1.45 bits per heavy atom. The Bertz CT molecular complexity index is 1360. The van der Waals surface area contributed by atoms with E-state index in [1.54, 1.807) is 36.4 Å². The van der Waals surface area contributed by atoms with Gasteiger partial charge >= 0.3 is 59.1 Å². The molecule has 6 nitrogen and oxygen atoms in total. The molecule has 0 spiro atoms. The molecule has 0 aliphatic heterocycles. The predicted molar refractivity (Wildman–Crippen MR) is 183 cm³/mol. The summed E-state index contributed by atoms with van der Waals surface area (Å²) in [5.74, 6) is -0.220. The first kappa shape index (κ1) is 52.3. The zero-order valence-corrected chi connectivity index (χ0v) is 34.7. The normalized spacial score (nSPS) is 8.89. The molecule has 0 saturated heterocycles. The first-order chi connectivity index (χ1) is 18.5. The average molecular weight is 856 g/mol. The molecule has 44 heavy (non-hydrogen) atoms. The summed E-state index contributed by atoms with van der Waals surface area (Å²) < 4.78 is 7.50. The van der Waals surface area contributed by atoms with Crippen LogP contribution in [0.4, 0.5) is 0 Å². The number of benzene rings is 2. The topological polar surface area (TPSA) is 84.0 Å². The van der Waals surface area contributed by atoms with Crippen molar-refractivity contribution in [1.29, 1.82) is 0 Å². The van der Waals surface area contributed by atoms with E-state index in [1.807, 2.05) is 12.1 Å². The van der Waals surface area contributed by atoms with E-state index in [-0.39, 0.29) is 129 Å². The Kier molecular flexibility index (Phi) is 33.8. The number of hydrogen-bond acceptors (Lipinski definition) is 8. The summed E-state index contributed by atoms with van der Waals surface area (Å²) >= 11 is 47.6. The van der Waals surface area contributed by atoms with Crippen molar-refractivity contribution in [2.24, 2.45) is 0 Å². The van der Waals surface area contributed by atoms with Gasteiger partial charge < -0.3 is 35.7 Å². The van der Waals surface area contributed by atoms with Crippen LogP contribution in [0.3, 0.4) is 0 Å². The van der Waals surface area contributed by atoms with Crippen LogP contribution >= 0.6 is 116 Å². The van der Waals surface area contributed by atoms with E-state index in [4.69, 9.17) is 93.8 Å². The number of carbonyl (C=O) groups is 2. The van der Waals surface area contributed by atoms with Crippen LogP contribution in [0.15, 0.2) is 58.3 Å². The van der Waals surface area contributed by atoms with Gasteiger partial charge in [0.1, 0.15) is 19.8 Å². The maximum Gasteiger partial charge on any atom is 1.00 e. The van der Waals surface area contributed by atoms with E-state index in [1.165, 1.54) is 11.8 Å². The summed E-state index contributed by atoms with van der Waals surface area (Å²) in [5.41, 5.74) is 0. The fraction of sp³-hybridized carbons (Fsp3) is 0.167. The Morgan fingerprint density at radius 2 is 1.11 bits per heavy atom. The van der Waals surface area contributed by atoms with Gasteiger partial charge in [-0.05, 0) is 59.5 Å². The van der Waals surface area contributed by atoms with Gasteiger partial charge in [-0.1, -0.05) is 96.6 Å². The number of nitrogens with zero attached hydrogens (tertiary/aromatic N) is 2. The summed E-state index contributed by atoms with van der Waals surface area (Å²) in [5, 5.41) is 7.18. The second-order valence-corrected chi connectivity index (χ2v) is 12.3. The Morgan fingerprint density at radius 1 is 0.727 bits per heavy atom. The number of aromatic nitrogens is 2. The van der Waals surface area contributed by atoms with E-state index in [2.05, 4.69) is 19.4 Å². The van der Waals surface area contributed by atoms with Crippen molar-refractivity contribution in [3.8, 4) is 0 Å². The van der Waals surface area contributed by atoms with Crippen molar-refractivity contribution in [2.75, 3.05) is 11.9 Å². The largest absolute Gasteiger partial charge is 1.00 e. The number of carbonyl (C=O) groups excluding carboxylic acids is 2. The number of halogens is 8. The second kappa shape index (κ2) is 28.4. The van der Waals surface area contributed by atoms with Gasteiger partial charge in [-0.2, -0.15) is 13.6 Å². The zero-order chi connectivity index (χ0) is 28.9. The third kappa shape index (κ3) is 18.9. The molecule has 0 saturated carbocycles. The maximum atomic E-state index is 11.8. The van der Waals surface area contributed by atoms with Crippen LogP contribution in [0.2, 0.25) is 30.4 Å². The van der Waals surface area contributed by atoms with Crippen LogP contribution in [0, 0.1) is 0 Å². The average Bonchev–Trinajstić information content (AvgIpc) is 3.43. The fourth-order valence-corrected chi connectivity index (χ4v) is 5.64. The molecule has 4 rings (SSSR count). The number of rotatable bonds is 6. The van der Waals surface area contributed by atoms with Gasteiger partial charge in [0.25, 0.3) is 11.8 Å². The molecule has 0 atom stereocenters. The van der Waals surface area contributed by atoms with Gasteiger partial charge in [0.05, 0.1) is 11.9 Å². The molecule has 0 aliphatic carbocycles. The van der Waals surface area contributed by atoms with Gasteiger partial charge in [0.15, 0.2) is 10.3 Å². The van der Waals surface area contributed by atoms with Crippen LogP contribution in [0.1, 0.15) is 34.2 Å². The molecule has 0 fully saturated rings. The van der Waals surface area contributed by atoms with E-state index in [9.17, 15) is 9.59 Å². The van der Waals surface area contributed by atoms with E-state index in [0.29, 0.717) is 15.8 Å². The molecular formula is C24H22Cl8N4Na2O2S4. The smallest absolute Gasteiger partial charge is 1.00 e. The quantitative estimate of drug-likeness (QED) is 0.0765. The van der Waals surface area contributed by atoms with Crippen LogP contribution in [0.5, 0.6) is 0 Å². The molecule has 0 bridgehead atoms. The summed E-state index contributed by atoms with van der Waals surface area (Å²) in [6.45, 7) is 0. The van der Waals surface area contributed by atoms with Crippen LogP contribution in [0.25, 0.3) is 0 Å². The monoisotopic (exact) mass is 852 g/mol. The van der Waals surface area contributed by atoms with Crippen molar-refractivity contribution in [1.82, 2.24) is 19.4 Å². The Balaban J connectivity index is -0.000000279. The number of thioether (sulfide) groups is 1. The van der Waals surface area contributed by atoms with Crippen LogP contribution in [-0.2, 0) is 12.6 Å². The molecule has 2 amide bonds. The van der Waals surface area contributed by atoms with Gasteiger partial charge in [-0.3, -0.25) is 9.59 Å². The predicted octanol–water partition coefficient (Wildman–Crippen LogP) is 1.49. The molecule has 2 aromatic carbocycles. The molecule has 4 aromatic rings.